The van der Waals surface area contributed by atoms with E-state index in [2.05, 4.69) is 4.98 Å². The molecule has 0 N–H and O–H groups in total. The quantitative estimate of drug-likeness (QED) is 0.627. The minimum Gasteiger partial charge on any atom is -0.497 e. The summed E-state index contributed by atoms with van der Waals surface area (Å²) in [6, 6.07) is 9.61. The van der Waals surface area contributed by atoms with Crippen LogP contribution < -0.4 is 4.74 Å². The molecule has 0 atom stereocenters. The maximum Gasteiger partial charge on any atom is 0.340 e. The molecular formula is C14H12FNO3. The lowest BCUT2D eigenvalue weighted by Gasteiger charge is -2.05. The molecule has 1 aromatic carbocycles. The molecule has 0 aliphatic rings. The molecule has 2 aromatic rings. The normalized spacial score (nSPS) is 10.0. The van der Waals surface area contributed by atoms with Crippen LogP contribution >= 0.6 is 0 Å². The minimum absolute atomic E-state index is 0.139. The van der Waals surface area contributed by atoms with Crippen LogP contribution in [0.15, 0.2) is 42.6 Å². The number of carbonyl (C=O) groups excluding carboxylic acids is 1. The summed E-state index contributed by atoms with van der Waals surface area (Å²) in [5.41, 5.74) is 1.05. The molecule has 0 unspecified atom stereocenters. The Labute approximate surface area is 109 Å². The molecule has 4 nitrogen and oxygen atoms in total. The third-order valence-electron chi connectivity index (χ3n) is 2.49. The van der Waals surface area contributed by atoms with E-state index in [4.69, 9.17) is 9.47 Å². The maximum absolute atomic E-state index is 12.6. The molecule has 0 aliphatic heterocycles. The lowest BCUT2D eigenvalue weighted by molar-refractivity contribution is 0.0472. The zero-order valence-corrected chi connectivity index (χ0v) is 10.3. The molecular weight excluding hydrogens is 249 g/mol. The molecule has 0 bridgehead atoms. The minimum atomic E-state index is -0.633. The molecule has 0 aliphatic carbocycles. The van der Waals surface area contributed by atoms with Gasteiger partial charge in [0.1, 0.15) is 12.4 Å². The molecule has 98 valence electrons. The number of halogens is 1. The lowest BCUT2D eigenvalue weighted by atomic mass is 10.2. The summed E-state index contributed by atoms with van der Waals surface area (Å²) in [6.45, 7) is 0.139. The summed E-state index contributed by atoms with van der Waals surface area (Å²) in [7, 11) is 1.58. The summed E-state index contributed by atoms with van der Waals surface area (Å²) in [5.74, 6) is -0.437. The smallest absolute Gasteiger partial charge is 0.340 e. The van der Waals surface area contributed by atoms with Gasteiger partial charge in [0.05, 0.1) is 12.7 Å². The van der Waals surface area contributed by atoms with E-state index in [0.717, 1.165) is 23.6 Å². The second kappa shape index (κ2) is 5.95. The lowest BCUT2D eigenvalue weighted by Crippen LogP contribution is -2.06. The largest absolute Gasteiger partial charge is 0.497 e. The van der Waals surface area contributed by atoms with Crippen molar-refractivity contribution in [1.82, 2.24) is 4.98 Å². The number of methoxy groups -OCH3 is 1. The van der Waals surface area contributed by atoms with Gasteiger partial charge in [-0.2, -0.15) is 4.39 Å². The van der Waals surface area contributed by atoms with Gasteiger partial charge in [0.15, 0.2) is 0 Å². The Balaban J connectivity index is 1.94. The first kappa shape index (κ1) is 13.0. The Morgan fingerprint density at radius 1 is 1.21 bits per heavy atom. The van der Waals surface area contributed by atoms with Crippen LogP contribution in [0.25, 0.3) is 0 Å². The van der Waals surface area contributed by atoms with Gasteiger partial charge in [-0.25, -0.2) is 9.78 Å². The molecule has 2 rings (SSSR count). The van der Waals surface area contributed by atoms with Crippen LogP contribution in [0.2, 0.25) is 0 Å². The molecule has 0 radical (unpaired) electrons. The van der Waals surface area contributed by atoms with Crippen molar-refractivity contribution in [2.75, 3.05) is 7.11 Å². The van der Waals surface area contributed by atoms with Crippen molar-refractivity contribution in [2.45, 2.75) is 6.61 Å². The highest BCUT2D eigenvalue weighted by atomic mass is 19.1. The van der Waals surface area contributed by atoms with Gasteiger partial charge in [0.2, 0.25) is 5.95 Å². The average molecular weight is 261 g/mol. The number of rotatable bonds is 4. The van der Waals surface area contributed by atoms with Gasteiger partial charge in [0, 0.05) is 6.20 Å². The Morgan fingerprint density at radius 3 is 2.53 bits per heavy atom. The topological polar surface area (TPSA) is 48.4 Å². The number of nitrogens with zero attached hydrogens (tertiary/aromatic N) is 1. The standard InChI is InChI=1S/C14H12FNO3/c1-18-12-5-2-10(3-6-12)9-19-14(17)11-4-7-13(15)16-8-11/h2-8H,9H2,1H3. The van der Waals surface area contributed by atoms with Gasteiger partial charge in [0.25, 0.3) is 0 Å². The number of pyridine rings is 1. The van der Waals surface area contributed by atoms with Crippen LogP contribution in [-0.2, 0) is 11.3 Å². The molecule has 0 saturated carbocycles. The highest BCUT2D eigenvalue weighted by Crippen LogP contribution is 2.12. The zero-order valence-electron chi connectivity index (χ0n) is 10.3. The van der Waals surface area contributed by atoms with Crippen molar-refractivity contribution in [1.29, 1.82) is 0 Å². The fourth-order valence-electron chi connectivity index (χ4n) is 1.45. The second-order valence-electron chi connectivity index (χ2n) is 3.79. The van der Waals surface area contributed by atoms with E-state index in [1.165, 1.54) is 6.07 Å². The van der Waals surface area contributed by atoms with Crippen molar-refractivity contribution < 1.29 is 18.7 Å². The maximum atomic E-state index is 12.6. The predicted octanol–water partition coefficient (Wildman–Crippen LogP) is 2.59. The van der Waals surface area contributed by atoms with Gasteiger partial charge in [-0.05, 0) is 29.8 Å². The van der Waals surface area contributed by atoms with Gasteiger partial charge in [-0.3, -0.25) is 0 Å². The zero-order chi connectivity index (χ0) is 13.7. The second-order valence-corrected chi connectivity index (χ2v) is 3.79. The first-order valence-corrected chi connectivity index (χ1v) is 5.60. The van der Waals surface area contributed by atoms with E-state index < -0.39 is 11.9 Å². The number of aromatic nitrogens is 1. The van der Waals surface area contributed by atoms with Crippen molar-refractivity contribution in [3.8, 4) is 5.75 Å². The fraction of sp³-hybridized carbons (Fsp3) is 0.143. The van der Waals surface area contributed by atoms with Crippen molar-refractivity contribution in [3.05, 3.63) is 59.7 Å². The summed E-state index contributed by atoms with van der Waals surface area (Å²) in [6.07, 6.45) is 1.14. The van der Waals surface area contributed by atoms with Crippen LogP contribution in [0, 0.1) is 5.95 Å². The van der Waals surface area contributed by atoms with Gasteiger partial charge in [-0.1, -0.05) is 12.1 Å². The summed E-state index contributed by atoms with van der Waals surface area (Å²) >= 11 is 0. The van der Waals surface area contributed by atoms with Crippen molar-refractivity contribution in [3.63, 3.8) is 0 Å². The fourth-order valence-corrected chi connectivity index (χ4v) is 1.45. The highest BCUT2D eigenvalue weighted by molar-refractivity contribution is 5.88. The van der Waals surface area contributed by atoms with Crippen LogP contribution in [-0.4, -0.2) is 18.1 Å². The van der Waals surface area contributed by atoms with E-state index >= 15 is 0 Å². The molecule has 5 heteroatoms. The molecule has 1 aromatic heterocycles. The van der Waals surface area contributed by atoms with E-state index in [0.29, 0.717) is 0 Å². The summed E-state index contributed by atoms with van der Waals surface area (Å²) in [5, 5.41) is 0. The molecule has 19 heavy (non-hydrogen) atoms. The van der Waals surface area contributed by atoms with E-state index in [1.807, 2.05) is 0 Å². The third-order valence-corrected chi connectivity index (χ3v) is 2.49. The van der Waals surface area contributed by atoms with Crippen LogP contribution in [0.1, 0.15) is 15.9 Å². The molecule has 0 spiro atoms. The predicted molar refractivity (Wildman–Crippen MR) is 66.3 cm³/mol. The van der Waals surface area contributed by atoms with Gasteiger partial charge < -0.3 is 9.47 Å². The number of ether oxygens (including phenoxy) is 2. The van der Waals surface area contributed by atoms with Crippen LogP contribution in [0.4, 0.5) is 4.39 Å². The van der Waals surface area contributed by atoms with Crippen LogP contribution in [0.3, 0.4) is 0 Å². The highest BCUT2D eigenvalue weighted by Gasteiger charge is 2.08. The molecule has 1 heterocycles. The number of esters is 1. The molecule has 0 saturated heterocycles. The number of hydrogen-bond acceptors (Lipinski definition) is 4. The van der Waals surface area contributed by atoms with E-state index in [1.54, 1.807) is 31.4 Å². The Bertz CT molecular complexity index is 552. The summed E-state index contributed by atoms with van der Waals surface area (Å²) in [4.78, 5) is 15.0. The number of benzene rings is 1. The molecule has 0 fully saturated rings. The SMILES string of the molecule is COc1ccc(COC(=O)c2ccc(F)nc2)cc1. The summed E-state index contributed by atoms with van der Waals surface area (Å²) < 4.78 is 22.7. The molecule has 0 amide bonds. The Morgan fingerprint density at radius 2 is 1.95 bits per heavy atom. The Kier molecular flexibility index (Phi) is 4.07. The number of hydrogen-bond donors (Lipinski definition) is 0. The monoisotopic (exact) mass is 261 g/mol. The van der Waals surface area contributed by atoms with E-state index in [9.17, 15) is 9.18 Å². The Hall–Kier alpha value is -2.43. The number of carbonyl (C=O) groups is 1. The van der Waals surface area contributed by atoms with Crippen LogP contribution in [0.5, 0.6) is 5.75 Å². The van der Waals surface area contributed by atoms with E-state index in [-0.39, 0.29) is 12.2 Å². The van der Waals surface area contributed by atoms with Gasteiger partial charge in [-0.15, -0.1) is 0 Å². The van der Waals surface area contributed by atoms with Crippen molar-refractivity contribution in [2.24, 2.45) is 0 Å². The first-order valence-electron chi connectivity index (χ1n) is 5.60. The average Bonchev–Trinajstić information content (AvgIpc) is 2.46. The first-order chi connectivity index (χ1) is 9.19. The van der Waals surface area contributed by atoms with Crippen molar-refractivity contribution >= 4 is 5.97 Å². The van der Waals surface area contributed by atoms with Gasteiger partial charge >= 0.3 is 5.97 Å². The third kappa shape index (κ3) is 3.51.